The molecule has 1 unspecified atom stereocenters. The molecule has 4 rings (SSSR count). The van der Waals surface area contributed by atoms with E-state index in [1.54, 1.807) is 0 Å². The van der Waals surface area contributed by atoms with Gasteiger partial charge in [-0.25, -0.2) is 4.79 Å². The monoisotopic (exact) mass is 457 g/mol. The van der Waals surface area contributed by atoms with E-state index in [0.29, 0.717) is 12.1 Å². The normalized spacial score (nSPS) is 28.6. The molecule has 184 valence electrons. The van der Waals surface area contributed by atoms with Crippen LogP contribution in [0.25, 0.3) is 0 Å². The minimum absolute atomic E-state index is 0.138. The van der Waals surface area contributed by atoms with Crippen LogP contribution in [-0.2, 0) is 9.47 Å². The predicted molar refractivity (Wildman–Crippen MR) is 131 cm³/mol. The van der Waals surface area contributed by atoms with E-state index < -0.39 is 5.60 Å². The molecule has 33 heavy (non-hydrogen) atoms. The van der Waals surface area contributed by atoms with Gasteiger partial charge in [-0.1, -0.05) is 23.8 Å². The predicted octanol–water partition coefficient (Wildman–Crippen LogP) is 4.92. The van der Waals surface area contributed by atoms with Gasteiger partial charge in [0.2, 0.25) is 0 Å². The Morgan fingerprint density at radius 2 is 1.79 bits per heavy atom. The number of hydrogen-bond donors (Lipinski definition) is 0. The number of methoxy groups -OCH3 is 1. The molecular formula is C27H43N3O3. The van der Waals surface area contributed by atoms with Crippen molar-refractivity contribution in [1.29, 1.82) is 0 Å². The van der Waals surface area contributed by atoms with Crippen molar-refractivity contribution < 1.29 is 14.3 Å². The van der Waals surface area contributed by atoms with Gasteiger partial charge >= 0.3 is 6.09 Å². The van der Waals surface area contributed by atoms with Gasteiger partial charge in [0.25, 0.3) is 0 Å². The highest BCUT2D eigenvalue weighted by Gasteiger charge is 2.43. The summed E-state index contributed by atoms with van der Waals surface area (Å²) in [5.74, 6) is 0. The Morgan fingerprint density at radius 1 is 1.09 bits per heavy atom. The van der Waals surface area contributed by atoms with Crippen molar-refractivity contribution in [2.75, 3.05) is 39.8 Å². The third-order valence-corrected chi connectivity index (χ3v) is 8.00. The lowest BCUT2D eigenvalue weighted by molar-refractivity contribution is -0.0411. The van der Waals surface area contributed by atoms with Gasteiger partial charge in [0.05, 0.1) is 6.10 Å². The quantitative estimate of drug-likeness (QED) is 0.644. The van der Waals surface area contributed by atoms with E-state index in [1.165, 1.54) is 16.7 Å². The molecule has 0 radical (unpaired) electrons. The SMILES string of the molecule is CO[C@H]1CC(N2CCN(C3(C)CCN(C(=O)OC(C)(C)C)CC3)C[C@@H]2C)c2ccc(C)cc21. The van der Waals surface area contributed by atoms with Gasteiger partial charge in [-0.3, -0.25) is 9.80 Å². The summed E-state index contributed by atoms with van der Waals surface area (Å²) in [7, 11) is 1.84. The van der Waals surface area contributed by atoms with Crippen molar-refractivity contribution in [3.05, 3.63) is 34.9 Å². The number of rotatable bonds is 3. The molecule has 2 fully saturated rings. The maximum absolute atomic E-state index is 12.5. The summed E-state index contributed by atoms with van der Waals surface area (Å²) in [6.45, 7) is 17.5. The molecule has 6 nitrogen and oxygen atoms in total. The van der Waals surface area contributed by atoms with Gasteiger partial charge in [0, 0.05) is 57.5 Å². The standard InChI is InChI=1S/C27H43N3O3/c1-19-8-9-21-22(16-19)24(32-7)17-23(21)30-15-14-29(18-20(30)2)27(6)10-12-28(13-11-27)25(31)33-26(3,4)5/h8-9,16,20,23-24H,10-15,17-18H2,1-7H3/t20-,23?,24-/m0/s1. The van der Waals surface area contributed by atoms with Gasteiger partial charge in [-0.2, -0.15) is 0 Å². The molecule has 2 heterocycles. The first-order valence-corrected chi connectivity index (χ1v) is 12.6. The largest absolute Gasteiger partial charge is 0.444 e. The second-order valence-corrected chi connectivity index (χ2v) is 11.6. The highest BCUT2D eigenvalue weighted by Crippen LogP contribution is 2.45. The van der Waals surface area contributed by atoms with Gasteiger partial charge in [-0.05, 0) is 71.9 Å². The lowest BCUT2D eigenvalue weighted by Gasteiger charge is -2.52. The number of carbonyl (C=O) groups excluding carboxylic acids is 1. The maximum Gasteiger partial charge on any atom is 0.410 e. The Hall–Kier alpha value is -1.63. The molecule has 0 saturated carbocycles. The molecule has 2 saturated heterocycles. The van der Waals surface area contributed by atoms with Gasteiger partial charge in [-0.15, -0.1) is 0 Å². The van der Waals surface area contributed by atoms with Crippen molar-refractivity contribution >= 4 is 6.09 Å². The fraction of sp³-hybridized carbons (Fsp3) is 0.741. The number of aryl methyl sites for hydroxylation is 1. The molecule has 0 bridgehead atoms. The van der Waals surface area contributed by atoms with Crippen molar-refractivity contribution in [1.82, 2.24) is 14.7 Å². The molecule has 1 aromatic carbocycles. The van der Waals surface area contributed by atoms with Gasteiger partial charge < -0.3 is 14.4 Å². The fourth-order valence-corrected chi connectivity index (χ4v) is 6.01. The van der Waals surface area contributed by atoms with E-state index in [2.05, 4.69) is 48.8 Å². The minimum Gasteiger partial charge on any atom is -0.444 e. The fourth-order valence-electron chi connectivity index (χ4n) is 6.01. The molecule has 0 N–H and O–H groups in total. The third-order valence-electron chi connectivity index (χ3n) is 8.00. The van der Waals surface area contributed by atoms with Crippen LogP contribution in [0.15, 0.2) is 18.2 Å². The van der Waals surface area contributed by atoms with E-state index in [-0.39, 0.29) is 17.7 Å². The van der Waals surface area contributed by atoms with Crippen molar-refractivity contribution in [3.8, 4) is 0 Å². The third kappa shape index (κ3) is 5.08. The number of fused-ring (bicyclic) bond motifs is 1. The Kier molecular flexibility index (Phi) is 6.83. The van der Waals surface area contributed by atoms with E-state index in [1.807, 2.05) is 32.8 Å². The van der Waals surface area contributed by atoms with Gasteiger partial charge in [0.1, 0.15) is 5.60 Å². The van der Waals surface area contributed by atoms with Crippen LogP contribution in [0.1, 0.15) is 82.7 Å². The molecule has 6 heteroatoms. The summed E-state index contributed by atoms with van der Waals surface area (Å²) in [6.07, 6.45) is 3.06. The van der Waals surface area contributed by atoms with Crippen LogP contribution >= 0.6 is 0 Å². The summed E-state index contributed by atoms with van der Waals surface area (Å²) in [5.41, 5.74) is 3.82. The number of piperidine rings is 1. The number of likely N-dealkylation sites (tertiary alicyclic amines) is 1. The van der Waals surface area contributed by atoms with Crippen LogP contribution in [0.2, 0.25) is 0 Å². The number of hydrogen-bond acceptors (Lipinski definition) is 5. The summed E-state index contributed by atoms with van der Waals surface area (Å²) in [4.78, 5) is 19.8. The summed E-state index contributed by atoms with van der Waals surface area (Å²) >= 11 is 0. The first-order chi connectivity index (χ1) is 15.5. The lowest BCUT2D eigenvalue weighted by atomic mass is 9.86. The Bertz CT molecular complexity index is 857. The maximum atomic E-state index is 12.5. The number of nitrogens with zero attached hydrogens (tertiary/aromatic N) is 3. The highest BCUT2D eigenvalue weighted by atomic mass is 16.6. The van der Waals surface area contributed by atoms with Crippen LogP contribution < -0.4 is 0 Å². The second-order valence-electron chi connectivity index (χ2n) is 11.6. The molecule has 1 amide bonds. The van der Waals surface area contributed by atoms with E-state index in [4.69, 9.17) is 9.47 Å². The van der Waals surface area contributed by atoms with Gasteiger partial charge in [0.15, 0.2) is 0 Å². The average Bonchev–Trinajstić information content (AvgIpc) is 3.10. The van der Waals surface area contributed by atoms with Crippen molar-refractivity contribution in [2.24, 2.45) is 0 Å². The first kappa shape index (κ1) is 24.5. The van der Waals surface area contributed by atoms with Crippen molar-refractivity contribution in [3.63, 3.8) is 0 Å². The van der Waals surface area contributed by atoms with Crippen LogP contribution in [0.3, 0.4) is 0 Å². The number of ether oxygens (including phenoxy) is 2. The molecule has 1 aromatic rings. The zero-order chi connectivity index (χ0) is 24.0. The Balaban J connectivity index is 1.38. The zero-order valence-corrected chi connectivity index (χ0v) is 21.7. The molecule has 3 aliphatic rings. The summed E-state index contributed by atoms with van der Waals surface area (Å²) < 4.78 is 11.5. The van der Waals surface area contributed by atoms with Crippen LogP contribution in [0.5, 0.6) is 0 Å². The van der Waals surface area contributed by atoms with Crippen molar-refractivity contribution in [2.45, 2.75) is 90.1 Å². The Morgan fingerprint density at radius 3 is 2.39 bits per heavy atom. The number of piperazine rings is 1. The van der Waals surface area contributed by atoms with Crippen LogP contribution in [0, 0.1) is 6.92 Å². The molecule has 3 atom stereocenters. The minimum atomic E-state index is -0.441. The van der Waals surface area contributed by atoms with E-state index in [0.717, 1.165) is 52.0 Å². The smallest absolute Gasteiger partial charge is 0.410 e. The molecule has 0 spiro atoms. The highest BCUT2D eigenvalue weighted by molar-refractivity contribution is 5.68. The molecule has 0 aromatic heterocycles. The number of benzene rings is 1. The second kappa shape index (κ2) is 9.20. The molecule has 2 aliphatic heterocycles. The summed E-state index contributed by atoms with van der Waals surface area (Å²) in [5, 5.41) is 0. The lowest BCUT2D eigenvalue weighted by Crippen LogP contribution is -2.62. The average molecular weight is 458 g/mol. The van der Waals surface area contributed by atoms with E-state index >= 15 is 0 Å². The molecule has 1 aliphatic carbocycles. The number of carbonyl (C=O) groups is 1. The topological polar surface area (TPSA) is 45.2 Å². The Labute approximate surface area is 200 Å². The first-order valence-electron chi connectivity index (χ1n) is 12.6. The number of amides is 1. The van der Waals surface area contributed by atoms with E-state index in [9.17, 15) is 4.79 Å². The van der Waals surface area contributed by atoms with Crippen LogP contribution in [0.4, 0.5) is 4.79 Å². The van der Waals surface area contributed by atoms with Crippen LogP contribution in [-0.4, -0.2) is 77.8 Å². The zero-order valence-electron chi connectivity index (χ0n) is 21.7. The molecular weight excluding hydrogens is 414 g/mol. The summed E-state index contributed by atoms with van der Waals surface area (Å²) in [6, 6.07) is 7.79.